The van der Waals surface area contributed by atoms with Gasteiger partial charge < -0.3 is 4.90 Å². The highest BCUT2D eigenvalue weighted by Crippen LogP contribution is 2.08. The van der Waals surface area contributed by atoms with Gasteiger partial charge in [0.1, 0.15) is 0 Å². The monoisotopic (exact) mass is 216 g/mol. The van der Waals surface area contributed by atoms with Crippen LogP contribution in [0.4, 0.5) is 0 Å². The number of nitrogens with zero attached hydrogens (tertiary/aromatic N) is 2. The van der Waals surface area contributed by atoms with E-state index in [-0.39, 0.29) is 5.92 Å². The van der Waals surface area contributed by atoms with Gasteiger partial charge in [-0.1, -0.05) is 31.2 Å². The summed E-state index contributed by atoms with van der Waals surface area (Å²) in [6.07, 6.45) is 1.08. The average molecular weight is 216 g/mol. The normalized spacial score (nSPS) is 12.4. The van der Waals surface area contributed by atoms with Crippen molar-refractivity contribution < 1.29 is 0 Å². The van der Waals surface area contributed by atoms with Gasteiger partial charge in [-0.15, -0.1) is 0 Å². The summed E-state index contributed by atoms with van der Waals surface area (Å²) in [4.78, 5) is 2.19. The Kier molecular flexibility index (Phi) is 5.01. The lowest BCUT2D eigenvalue weighted by Gasteiger charge is -2.17. The summed E-state index contributed by atoms with van der Waals surface area (Å²) in [6, 6.07) is 11.0. The number of benzene rings is 1. The van der Waals surface area contributed by atoms with Crippen LogP contribution in [-0.2, 0) is 13.0 Å². The van der Waals surface area contributed by atoms with Crippen LogP contribution in [0.2, 0.25) is 0 Å². The highest BCUT2D eigenvalue weighted by molar-refractivity contribution is 5.22. The van der Waals surface area contributed by atoms with E-state index in [0.29, 0.717) is 0 Å². The molecule has 2 nitrogen and oxygen atoms in total. The van der Waals surface area contributed by atoms with E-state index in [2.05, 4.69) is 49.2 Å². The fourth-order valence-corrected chi connectivity index (χ4v) is 1.76. The van der Waals surface area contributed by atoms with Crippen LogP contribution in [0.15, 0.2) is 24.3 Å². The molecule has 0 saturated carbocycles. The fourth-order valence-electron chi connectivity index (χ4n) is 1.76. The van der Waals surface area contributed by atoms with Gasteiger partial charge in [0.2, 0.25) is 0 Å². The summed E-state index contributed by atoms with van der Waals surface area (Å²) < 4.78 is 0. The number of aryl methyl sites for hydroxylation is 1. The third-order valence-corrected chi connectivity index (χ3v) is 2.69. The molecule has 0 fully saturated rings. The zero-order valence-electron chi connectivity index (χ0n) is 10.4. The first-order valence-corrected chi connectivity index (χ1v) is 5.81. The minimum absolute atomic E-state index is 0.0971. The van der Waals surface area contributed by atoms with Gasteiger partial charge >= 0.3 is 0 Å². The molecule has 0 radical (unpaired) electrons. The standard InChI is InChI=1S/C14H20N2/c1-4-13-5-7-14(8-6-13)11-16(3)10-12(2)9-15/h5-8,12H,4,10-11H2,1-3H3. The molecular weight excluding hydrogens is 196 g/mol. The molecule has 0 N–H and O–H groups in total. The third-order valence-electron chi connectivity index (χ3n) is 2.69. The predicted molar refractivity (Wildman–Crippen MR) is 66.9 cm³/mol. The van der Waals surface area contributed by atoms with Crippen LogP contribution in [0.25, 0.3) is 0 Å². The molecule has 0 spiro atoms. The molecule has 1 unspecified atom stereocenters. The van der Waals surface area contributed by atoms with Crippen LogP contribution in [0, 0.1) is 17.2 Å². The second-order valence-corrected chi connectivity index (χ2v) is 4.40. The van der Waals surface area contributed by atoms with Gasteiger partial charge in [-0.2, -0.15) is 5.26 Å². The van der Waals surface area contributed by atoms with Crippen LogP contribution in [-0.4, -0.2) is 18.5 Å². The Labute approximate surface area is 98.5 Å². The predicted octanol–water partition coefficient (Wildman–Crippen LogP) is 2.84. The Hall–Kier alpha value is -1.33. The first kappa shape index (κ1) is 12.7. The summed E-state index contributed by atoms with van der Waals surface area (Å²) in [5.41, 5.74) is 2.68. The molecule has 1 atom stereocenters. The quantitative estimate of drug-likeness (QED) is 0.756. The number of nitriles is 1. The van der Waals surface area contributed by atoms with Crippen LogP contribution in [0.1, 0.15) is 25.0 Å². The number of hydrogen-bond donors (Lipinski definition) is 0. The van der Waals surface area contributed by atoms with Gasteiger partial charge in [0.05, 0.1) is 12.0 Å². The minimum Gasteiger partial charge on any atom is -0.301 e. The van der Waals surface area contributed by atoms with Crippen LogP contribution in [0.3, 0.4) is 0 Å². The molecular formula is C14H20N2. The Morgan fingerprint density at radius 1 is 1.25 bits per heavy atom. The zero-order valence-corrected chi connectivity index (χ0v) is 10.4. The minimum atomic E-state index is 0.0971. The summed E-state index contributed by atoms with van der Waals surface area (Å²) in [7, 11) is 2.06. The van der Waals surface area contributed by atoms with E-state index in [0.717, 1.165) is 19.5 Å². The maximum atomic E-state index is 8.74. The van der Waals surface area contributed by atoms with Crippen LogP contribution in [0.5, 0.6) is 0 Å². The summed E-state index contributed by atoms with van der Waals surface area (Å²) in [6.45, 7) is 5.86. The van der Waals surface area contributed by atoms with E-state index in [9.17, 15) is 0 Å². The van der Waals surface area contributed by atoms with Crippen molar-refractivity contribution in [1.29, 1.82) is 5.26 Å². The van der Waals surface area contributed by atoms with Crippen molar-refractivity contribution in [3.8, 4) is 6.07 Å². The average Bonchev–Trinajstić information content (AvgIpc) is 2.29. The Balaban J connectivity index is 2.50. The molecule has 16 heavy (non-hydrogen) atoms. The summed E-state index contributed by atoms with van der Waals surface area (Å²) in [5, 5.41) is 8.74. The van der Waals surface area contributed by atoms with E-state index in [4.69, 9.17) is 5.26 Å². The van der Waals surface area contributed by atoms with Crippen molar-refractivity contribution in [3.05, 3.63) is 35.4 Å². The number of hydrogen-bond acceptors (Lipinski definition) is 2. The molecule has 1 aromatic carbocycles. The van der Waals surface area contributed by atoms with Crippen molar-refractivity contribution in [3.63, 3.8) is 0 Å². The molecule has 0 aromatic heterocycles. The first-order valence-electron chi connectivity index (χ1n) is 5.81. The molecule has 0 aliphatic heterocycles. The van der Waals surface area contributed by atoms with Crippen molar-refractivity contribution >= 4 is 0 Å². The van der Waals surface area contributed by atoms with Gasteiger partial charge in [-0.3, -0.25) is 0 Å². The lowest BCUT2D eigenvalue weighted by atomic mass is 10.1. The molecule has 1 aromatic rings. The van der Waals surface area contributed by atoms with E-state index < -0.39 is 0 Å². The highest BCUT2D eigenvalue weighted by atomic mass is 15.1. The number of rotatable bonds is 5. The summed E-state index contributed by atoms with van der Waals surface area (Å²) >= 11 is 0. The van der Waals surface area contributed by atoms with Gasteiger partial charge in [-0.05, 0) is 31.5 Å². The highest BCUT2D eigenvalue weighted by Gasteiger charge is 2.05. The molecule has 86 valence electrons. The van der Waals surface area contributed by atoms with Gasteiger partial charge in [0.15, 0.2) is 0 Å². The zero-order chi connectivity index (χ0) is 12.0. The third kappa shape index (κ3) is 4.04. The second kappa shape index (κ2) is 6.30. The topological polar surface area (TPSA) is 27.0 Å². The van der Waals surface area contributed by atoms with Gasteiger partial charge in [0.25, 0.3) is 0 Å². The Morgan fingerprint density at radius 2 is 1.81 bits per heavy atom. The maximum absolute atomic E-state index is 8.74. The molecule has 0 heterocycles. The lowest BCUT2D eigenvalue weighted by Crippen LogP contribution is -2.23. The molecule has 2 heteroatoms. The molecule has 0 aliphatic carbocycles. The summed E-state index contributed by atoms with van der Waals surface area (Å²) in [5.74, 6) is 0.0971. The molecule has 0 saturated heterocycles. The van der Waals surface area contributed by atoms with E-state index >= 15 is 0 Å². The molecule has 1 rings (SSSR count). The van der Waals surface area contributed by atoms with Crippen molar-refractivity contribution in [2.75, 3.05) is 13.6 Å². The largest absolute Gasteiger partial charge is 0.301 e. The van der Waals surface area contributed by atoms with Gasteiger partial charge in [-0.25, -0.2) is 0 Å². The van der Waals surface area contributed by atoms with Crippen molar-refractivity contribution in [1.82, 2.24) is 4.90 Å². The van der Waals surface area contributed by atoms with Crippen LogP contribution < -0.4 is 0 Å². The lowest BCUT2D eigenvalue weighted by molar-refractivity contribution is 0.303. The van der Waals surface area contributed by atoms with E-state index in [1.807, 2.05) is 6.92 Å². The molecule has 0 aliphatic rings. The van der Waals surface area contributed by atoms with Gasteiger partial charge in [0, 0.05) is 13.1 Å². The first-order chi connectivity index (χ1) is 7.65. The smallest absolute Gasteiger partial charge is 0.0666 e. The van der Waals surface area contributed by atoms with E-state index in [1.165, 1.54) is 11.1 Å². The fraction of sp³-hybridized carbons (Fsp3) is 0.500. The van der Waals surface area contributed by atoms with E-state index in [1.54, 1.807) is 0 Å². The van der Waals surface area contributed by atoms with Crippen molar-refractivity contribution in [2.24, 2.45) is 5.92 Å². The Bertz CT molecular complexity index is 348. The maximum Gasteiger partial charge on any atom is 0.0666 e. The molecule has 0 amide bonds. The Morgan fingerprint density at radius 3 is 2.31 bits per heavy atom. The second-order valence-electron chi connectivity index (χ2n) is 4.40. The molecule has 0 bridgehead atoms. The SMILES string of the molecule is CCc1ccc(CN(C)CC(C)C#N)cc1. The van der Waals surface area contributed by atoms with Crippen LogP contribution >= 0.6 is 0 Å². The van der Waals surface area contributed by atoms with Crippen molar-refractivity contribution in [2.45, 2.75) is 26.8 Å².